The average molecular weight is 298 g/mol. The fourth-order valence-corrected chi connectivity index (χ4v) is 2.75. The minimum absolute atomic E-state index is 0.0642. The van der Waals surface area contributed by atoms with Gasteiger partial charge in [0, 0.05) is 12.0 Å². The lowest BCUT2D eigenvalue weighted by Crippen LogP contribution is -2.40. The van der Waals surface area contributed by atoms with E-state index in [1.54, 1.807) is 24.3 Å². The first kappa shape index (κ1) is 15.1. The Bertz CT molecular complexity index is 458. The molecule has 1 aliphatic rings. The van der Waals surface area contributed by atoms with Gasteiger partial charge in [0.25, 0.3) is 5.91 Å². The van der Waals surface area contributed by atoms with E-state index >= 15 is 0 Å². The van der Waals surface area contributed by atoms with Crippen LogP contribution in [0.1, 0.15) is 25.7 Å². The van der Waals surface area contributed by atoms with Crippen molar-refractivity contribution >= 4 is 17.5 Å². The fraction of sp³-hybridized carbons (Fsp3) is 0.533. The van der Waals surface area contributed by atoms with Crippen LogP contribution in [0.2, 0.25) is 5.02 Å². The standard InChI is InChI=1S/C15H20ClNO3/c16-12-5-1-2-6-13(12)20-9-14(19)17-10-15(11-18)7-3-4-8-15/h1-2,5-6,18H,3-4,7-11H2,(H,17,19). The molecule has 1 aromatic carbocycles. The number of carbonyl (C=O) groups is 1. The van der Waals surface area contributed by atoms with Gasteiger partial charge in [0.15, 0.2) is 6.61 Å². The van der Waals surface area contributed by atoms with Crippen LogP contribution < -0.4 is 10.1 Å². The van der Waals surface area contributed by atoms with E-state index in [1.165, 1.54) is 0 Å². The Hall–Kier alpha value is -1.26. The molecule has 0 aliphatic heterocycles. The zero-order valence-electron chi connectivity index (χ0n) is 11.4. The first-order valence-corrected chi connectivity index (χ1v) is 7.28. The number of aliphatic hydroxyl groups excluding tert-OH is 1. The number of amides is 1. The summed E-state index contributed by atoms with van der Waals surface area (Å²) in [4.78, 5) is 11.8. The van der Waals surface area contributed by atoms with Crippen LogP contribution in [0.25, 0.3) is 0 Å². The molecule has 0 unspecified atom stereocenters. The Morgan fingerprint density at radius 3 is 2.70 bits per heavy atom. The molecule has 20 heavy (non-hydrogen) atoms. The van der Waals surface area contributed by atoms with E-state index in [1.807, 2.05) is 0 Å². The third-order valence-corrected chi connectivity index (χ3v) is 4.17. The van der Waals surface area contributed by atoms with Gasteiger partial charge in [-0.25, -0.2) is 0 Å². The van der Waals surface area contributed by atoms with Crippen LogP contribution in [0.4, 0.5) is 0 Å². The molecular weight excluding hydrogens is 278 g/mol. The lowest BCUT2D eigenvalue weighted by Gasteiger charge is -2.26. The van der Waals surface area contributed by atoms with Crippen molar-refractivity contribution in [3.05, 3.63) is 29.3 Å². The molecule has 2 rings (SSSR count). The molecule has 0 spiro atoms. The molecule has 5 heteroatoms. The second kappa shape index (κ2) is 6.95. The SMILES string of the molecule is O=C(COc1ccccc1Cl)NCC1(CO)CCCC1. The van der Waals surface area contributed by atoms with Crippen molar-refractivity contribution in [2.45, 2.75) is 25.7 Å². The van der Waals surface area contributed by atoms with E-state index in [0.717, 1.165) is 25.7 Å². The van der Waals surface area contributed by atoms with Gasteiger partial charge in [-0.05, 0) is 25.0 Å². The lowest BCUT2D eigenvalue weighted by atomic mass is 9.87. The fourth-order valence-electron chi connectivity index (χ4n) is 2.56. The molecule has 1 fully saturated rings. The zero-order chi connectivity index (χ0) is 14.4. The van der Waals surface area contributed by atoms with Crippen molar-refractivity contribution in [3.8, 4) is 5.75 Å². The van der Waals surface area contributed by atoms with Gasteiger partial charge in [-0.2, -0.15) is 0 Å². The molecule has 0 heterocycles. The summed E-state index contributed by atoms with van der Waals surface area (Å²) in [6.07, 6.45) is 4.17. The highest BCUT2D eigenvalue weighted by Gasteiger charge is 2.33. The van der Waals surface area contributed by atoms with Crippen LogP contribution in [0.3, 0.4) is 0 Å². The summed E-state index contributed by atoms with van der Waals surface area (Å²) in [5, 5.41) is 12.8. The zero-order valence-corrected chi connectivity index (χ0v) is 12.2. The van der Waals surface area contributed by atoms with Gasteiger partial charge < -0.3 is 15.2 Å². The van der Waals surface area contributed by atoms with E-state index in [0.29, 0.717) is 17.3 Å². The molecular formula is C15H20ClNO3. The minimum Gasteiger partial charge on any atom is -0.482 e. The first-order valence-electron chi connectivity index (χ1n) is 6.90. The first-order chi connectivity index (χ1) is 9.65. The summed E-state index contributed by atoms with van der Waals surface area (Å²) in [6, 6.07) is 7.05. The number of hydrogen-bond acceptors (Lipinski definition) is 3. The molecule has 0 bridgehead atoms. The largest absolute Gasteiger partial charge is 0.482 e. The van der Waals surface area contributed by atoms with Gasteiger partial charge in [0.05, 0.1) is 11.6 Å². The number of ether oxygens (including phenoxy) is 1. The molecule has 2 N–H and O–H groups in total. The molecule has 0 radical (unpaired) electrons. The van der Waals surface area contributed by atoms with Crippen molar-refractivity contribution in [2.75, 3.05) is 19.8 Å². The molecule has 0 atom stereocenters. The summed E-state index contributed by atoms with van der Waals surface area (Å²) in [5.74, 6) is 0.312. The number of nitrogens with one attached hydrogen (secondary N) is 1. The summed E-state index contributed by atoms with van der Waals surface area (Å²) in [5.41, 5.74) is -0.139. The van der Waals surface area contributed by atoms with E-state index in [-0.39, 0.29) is 24.5 Å². The highest BCUT2D eigenvalue weighted by molar-refractivity contribution is 6.32. The second-order valence-electron chi connectivity index (χ2n) is 5.36. The van der Waals surface area contributed by atoms with Gasteiger partial charge >= 0.3 is 0 Å². The number of benzene rings is 1. The monoisotopic (exact) mass is 297 g/mol. The van der Waals surface area contributed by atoms with Crippen LogP contribution in [0, 0.1) is 5.41 Å². The number of carbonyl (C=O) groups excluding carboxylic acids is 1. The van der Waals surface area contributed by atoms with Gasteiger partial charge in [0.2, 0.25) is 0 Å². The van der Waals surface area contributed by atoms with Gasteiger partial charge in [-0.15, -0.1) is 0 Å². The van der Waals surface area contributed by atoms with Crippen molar-refractivity contribution < 1.29 is 14.6 Å². The molecule has 0 saturated heterocycles. The van der Waals surface area contributed by atoms with Crippen molar-refractivity contribution in [3.63, 3.8) is 0 Å². The van der Waals surface area contributed by atoms with Crippen molar-refractivity contribution in [1.82, 2.24) is 5.32 Å². The molecule has 110 valence electrons. The minimum atomic E-state index is -0.190. The molecule has 1 aromatic rings. The quantitative estimate of drug-likeness (QED) is 0.847. The third kappa shape index (κ3) is 3.87. The molecule has 0 aromatic heterocycles. The predicted octanol–water partition coefficient (Wildman–Crippen LogP) is 2.39. The van der Waals surface area contributed by atoms with E-state index in [4.69, 9.17) is 16.3 Å². The van der Waals surface area contributed by atoms with Crippen LogP contribution in [0.15, 0.2) is 24.3 Å². The highest BCUT2D eigenvalue weighted by atomic mass is 35.5. The Labute approximate surface area is 124 Å². The Morgan fingerprint density at radius 2 is 2.05 bits per heavy atom. The summed E-state index contributed by atoms with van der Waals surface area (Å²) >= 11 is 5.94. The van der Waals surface area contributed by atoms with Gasteiger partial charge in [-0.3, -0.25) is 4.79 Å². The van der Waals surface area contributed by atoms with Crippen molar-refractivity contribution in [1.29, 1.82) is 0 Å². The number of hydrogen-bond donors (Lipinski definition) is 2. The average Bonchev–Trinajstić information content (AvgIpc) is 2.94. The van der Waals surface area contributed by atoms with E-state index < -0.39 is 0 Å². The summed E-state index contributed by atoms with van der Waals surface area (Å²) < 4.78 is 5.37. The smallest absolute Gasteiger partial charge is 0.257 e. The molecule has 4 nitrogen and oxygen atoms in total. The molecule has 1 aliphatic carbocycles. The normalized spacial score (nSPS) is 16.9. The van der Waals surface area contributed by atoms with Crippen LogP contribution in [0.5, 0.6) is 5.75 Å². The Kier molecular flexibility index (Phi) is 5.26. The van der Waals surface area contributed by atoms with Gasteiger partial charge in [0.1, 0.15) is 5.75 Å². The van der Waals surface area contributed by atoms with Gasteiger partial charge in [-0.1, -0.05) is 36.6 Å². The Balaban J connectivity index is 1.77. The maximum Gasteiger partial charge on any atom is 0.257 e. The Morgan fingerprint density at radius 1 is 1.35 bits per heavy atom. The topological polar surface area (TPSA) is 58.6 Å². The highest BCUT2D eigenvalue weighted by Crippen LogP contribution is 2.36. The summed E-state index contributed by atoms with van der Waals surface area (Å²) in [7, 11) is 0. The summed E-state index contributed by atoms with van der Waals surface area (Å²) in [6.45, 7) is 0.568. The third-order valence-electron chi connectivity index (χ3n) is 3.86. The van der Waals surface area contributed by atoms with E-state index in [9.17, 15) is 9.90 Å². The number of halogens is 1. The maximum absolute atomic E-state index is 11.8. The molecule has 1 amide bonds. The predicted molar refractivity (Wildman–Crippen MR) is 77.9 cm³/mol. The molecule has 1 saturated carbocycles. The number of aliphatic hydroxyl groups is 1. The number of para-hydroxylation sites is 1. The second-order valence-corrected chi connectivity index (χ2v) is 5.77. The van der Waals surface area contributed by atoms with Crippen molar-refractivity contribution in [2.24, 2.45) is 5.41 Å². The van der Waals surface area contributed by atoms with Crippen LogP contribution in [-0.4, -0.2) is 30.8 Å². The van der Waals surface area contributed by atoms with Crippen LogP contribution in [-0.2, 0) is 4.79 Å². The lowest BCUT2D eigenvalue weighted by molar-refractivity contribution is -0.123. The maximum atomic E-state index is 11.8. The van der Waals surface area contributed by atoms with Crippen LogP contribution >= 0.6 is 11.6 Å². The number of rotatable bonds is 6. The van der Waals surface area contributed by atoms with E-state index in [2.05, 4.69) is 5.32 Å².